The van der Waals surface area contributed by atoms with Crippen LogP contribution in [0.5, 0.6) is 11.5 Å². The van der Waals surface area contributed by atoms with Crippen LogP contribution in [0.1, 0.15) is 44.4 Å². The predicted octanol–water partition coefficient (Wildman–Crippen LogP) is 2.99. The summed E-state index contributed by atoms with van der Waals surface area (Å²) in [5, 5.41) is 9.55. The van der Waals surface area contributed by atoms with Crippen LogP contribution in [-0.4, -0.2) is 49.3 Å². The summed E-state index contributed by atoms with van der Waals surface area (Å²) >= 11 is 0. The lowest BCUT2D eigenvalue weighted by atomic mass is 10.1. The first-order valence-corrected chi connectivity index (χ1v) is 9.71. The molecule has 2 aromatic rings. The highest BCUT2D eigenvalue weighted by Crippen LogP contribution is 2.35. The molecule has 0 saturated heterocycles. The summed E-state index contributed by atoms with van der Waals surface area (Å²) in [5.41, 5.74) is 0.711. The number of nitrogens with zero attached hydrogens (tertiary/aromatic N) is 1. The number of carbonyl (C=O) groups excluding carboxylic acids is 3. The van der Waals surface area contributed by atoms with Crippen molar-refractivity contribution in [1.29, 1.82) is 0 Å². The first-order valence-electron chi connectivity index (χ1n) is 9.71. The van der Waals surface area contributed by atoms with Gasteiger partial charge in [-0.3, -0.25) is 9.59 Å². The van der Waals surface area contributed by atoms with Crippen molar-refractivity contribution < 1.29 is 33.7 Å². The fourth-order valence-corrected chi connectivity index (χ4v) is 3.04. The number of ether oxygens (including phenoxy) is 3. The van der Waals surface area contributed by atoms with Crippen molar-refractivity contribution in [2.24, 2.45) is 0 Å². The minimum absolute atomic E-state index is 0.0986. The number of aliphatic hydroxyl groups excluding tert-OH is 1. The molecule has 0 aromatic heterocycles. The Morgan fingerprint density at radius 3 is 2.55 bits per heavy atom. The Hall–Kier alpha value is -3.65. The lowest BCUT2D eigenvalue weighted by Gasteiger charge is -2.16. The summed E-state index contributed by atoms with van der Waals surface area (Å²) in [6.45, 7) is 5.48. The zero-order chi connectivity index (χ0) is 22.5. The second-order valence-corrected chi connectivity index (χ2v) is 6.80. The first kappa shape index (κ1) is 22.0. The fraction of sp³-hybridized carbons (Fsp3) is 0.261. The van der Waals surface area contributed by atoms with E-state index in [0.29, 0.717) is 23.6 Å². The number of imide groups is 1. The molecule has 2 amide bonds. The monoisotopic (exact) mass is 425 g/mol. The molecule has 1 aliphatic rings. The van der Waals surface area contributed by atoms with E-state index < -0.39 is 23.9 Å². The lowest BCUT2D eigenvalue weighted by Crippen LogP contribution is -2.29. The summed E-state index contributed by atoms with van der Waals surface area (Å²) in [6.07, 6.45) is 1.27. The molecule has 0 spiro atoms. The molecule has 1 heterocycles. The van der Waals surface area contributed by atoms with Crippen molar-refractivity contribution in [1.82, 2.24) is 0 Å². The highest BCUT2D eigenvalue weighted by atomic mass is 16.5. The van der Waals surface area contributed by atoms with Gasteiger partial charge in [-0.1, -0.05) is 19.6 Å². The van der Waals surface area contributed by atoms with Crippen LogP contribution in [0, 0.1) is 0 Å². The van der Waals surface area contributed by atoms with Gasteiger partial charge in [-0.15, -0.1) is 0 Å². The number of anilines is 1. The van der Waals surface area contributed by atoms with Crippen LogP contribution in [0.4, 0.5) is 5.69 Å². The number of hydrogen-bond acceptors (Lipinski definition) is 7. The minimum atomic E-state index is -0.759. The summed E-state index contributed by atoms with van der Waals surface area (Å²) in [7, 11) is 1.45. The quantitative estimate of drug-likeness (QED) is 0.374. The maximum absolute atomic E-state index is 13.0. The second kappa shape index (κ2) is 9.44. The van der Waals surface area contributed by atoms with E-state index in [2.05, 4.69) is 6.58 Å². The van der Waals surface area contributed by atoms with E-state index in [-0.39, 0.29) is 29.9 Å². The molecule has 0 radical (unpaired) electrons. The van der Waals surface area contributed by atoms with Crippen LogP contribution in [0.25, 0.3) is 0 Å². The number of rotatable bonds is 9. The normalized spacial score (nSPS) is 13.6. The Morgan fingerprint density at radius 2 is 1.87 bits per heavy atom. The average molecular weight is 425 g/mol. The molecule has 3 rings (SSSR count). The lowest BCUT2D eigenvalue weighted by molar-refractivity contribution is 0.0250. The third-order valence-corrected chi connectivity index (χ3v) is 4.76. The number of aliphatic hydroxyl groups is 1. The van der Waals surface area contributed by atoms with Gasteiger partial charge >= 0.3 is 5.97 Å². The summed E-state index contributed by atoms with van der Waals surface area (Å²) in [4.78, 5) is 39.1. The van der Waals surface area contributed by atoms with Crippen molar-refractivity contribution in [2.75, 3.05) is 25.2 Å². The van der Waals surface area contributed by atoms with Gasteiger partial charge in [0.1, 0.15) is 13.2 Å². The highest BCUT2D eigenvalue weighted by Gasteiger charge is 2.37. The molecule has 0 bridgehead atoms. The van der Waals surface area contributed by atoms with E-state index in [1.807, 2.05) is 0 Å². The molecular formula is C23H23NO7. The van der Waals surface area contributed by atoms with Crippen molar-refractivity contribution in [2.45, 2.75) is 19.4 Å². The number of fused-ring (bicyclic) bond motifs is 1. The number of esters is 1. The predicted molar refractivity (Wildman–Crippen MR) is 113 cm³/mol. The summed E-state index contributed by atoms with van der Waals surface area (Å²) in [5.74, 6) is -0.954. The van der Waals surface area contributed by atoms with Crippen molar-refractivity contribution in [3.8, 4) is 11.5 Å². The molecule has 31 heavy (non-hydrogen) atoms. The molecule has 162 valence electrons. The van der Waals surface area contributed by atoms with Gasteiger partial charge in [0.05, 0.1) is 35.6 Å². The van der Waals surface area contributed by atoms with Crippen molar-refractivity contribution in [3.05, 3.63) is 65.7 Å². The SMILES string of the molecule is C=CCOc1ccc(N2C(=O)c3ccc(C(=O)OCC(O)CC)cc3C2=O)cc1OC. The van der Waals surface area contributed by atoms with E-state index in [9.17, 15) is 19.5 Å². The third kappa shape index (κ3) is 4.44. The van der Waals surface area contributed by atoms with Crippen molar-refractivity contribution in [3.63, 3.8) is 0 Å². The van der Waals surface area contributed by atoms with Gasteiger partial charge in [-0.2, -0.15) is 0 Å². The minimum Gasteiger partial charge on any atom is -0.493 e. The first-order chi connectivity index (χ1) is 14.9. The molecule has 8 heteroatoms. The Bertz CT molecular complexity index is 1030. The second-order valence-electron chi connectivity index (χ2n) is 6.80. The number of hydrogen-bond donors (Lipinski definition) is 1. The zero-order valence-corrected chi connectivity index (χ0v) is 17.3. The van der Waals surface area contributed by atoms with Gasteiger partial charge in [-0.05, 0) is 36.8 Å². The van der Waals surface area contributed by atoms with Gasteiger partial charge in [0.2, 0.25) is 0 Å². The zero-order valence-electron chi connectivity index (χ0n) is 17.3. The Balaban J connectivity index is 1.86. The van der Waals surface area contributed by atoms with Crippen LogP contribution in [-0.2, 0) is 4.74 Å². The molecule has 0 aliphatic carbocycles. The van der Waals surface area contributed by atoms with Crippen LogP contribution in [0.3, 0.4) is 0 Å². The molecule has 1 unspecified atom stereocenters. The standard InChI is InChI=1S/C23H23NO7/c1-4-10-30-19-9-7-15(12-20(19)29-3)24-21(26)17-8-6-14(11-18(17)22(24)27)23(28)31-13-16(25)5-2/h4,6-9,11-12,16,25H,1,5,10,13H2,2-3H3. The van der Waals surface area contributed by atoms with E-state index >= 15 is 0 Å². The Kier molecular flexibility index (Phi) is 6.71. The fourth-order valence-electron chi connectivity index (χ4n) is 3.04. The molecule has 1 N–H and O–H groups in total. The number of benzene rings is 2. The molecule has 0 fully saturated rings. The third-order valence-electron chi connectivity index (χ3n) is 4.76. The van der Waals surface area contributed by atoms with E-state index in [4.69, 9.17) is 14.2 Å². The summed E-state index contributed by atoms with van der Waals surface area (Å²) in [6, 6.07) is 8.87. The maximum atomic E-state index is 13.0. The van der Waals surface area contributed by atoms with Crippen LogP contribution in [0.2, 0.25) is 0 Å². The highest BCUT2D eigenvalue weighted by molar-refractivity contribution is 6.34. The van der Waals surface area contributed by atoms with Gasteiger partial charge in [0.25, 0.3) is 11.8 Å². The summed E-state index contributed by atoms with van der Waals surface area (Å²) < 4.78 is 15.9. The molecule has 0 saturated carbocycles. The molecule has 1 atom stereocenters. The Morgan fingerprint density at radius 1 is 1.13 bits per heavy atom. The van der Waals surface area contributed by atoms with Gasteiger partial charge < -0.3 is 19.3 Å². The average Bonchev–Trinajstić information content (AvgIpc) is 3.05. The van der Waals surface area contributed by atoms with E-state index in [1.165, 1.54) is 31.4 Å². The molecular weight excluding hydrogens is 402 g/mol. The van der Waals surface area contributed by atoms with E-state index in [0.717, 1.165) is 4.90 Å². The van der Waals surface area contributed by atoms with Gasteiger partial charge in [0, 0.05) is 6.07 Å². The van der Waals surface area contributed by atoms with Crippen LogP contribution < -0.4 is 14.4 Å². The van der Waals surface area contributed by atoms with Crippen LogP contribution >= 0.6 is 0 Å². The maximum Gasteiger partial charge on any atom is 0.338 e. The van der Waals surface area contributed by atoms with Crippen LogP contribution in [0.15, 0.2) is 49.1 Å². The largest absolute Gasteiger partial charge is 0.493 e. The number of methoxy groups -OCH3 is 1. The topological polar surface area (TPSA) is 102 Å². The Labute approximate surface area is 179 Å². The smallest absolute Gasteiger partial charge is 0.338 e. The van der Waals surface area contributed by atoms with Crippen molar-refractivity contribution >= 4 is 23.5 Å². The molecule has 8 nitrogen and oxygen atoms in total. The van der Waals surface area contributed by atoms with E-state index in [1.54, 1.807) is 25.1 Å². The van der Waals surface area contributed by atoms with Gasteiger partial charge in [-0.25, -0.2) is 9.69 Å². The molecule has 1 aliphatic heterocycles. The number of amides is 2. The van der Waals surface area contributed by atoms with Gasteiger partial charge in [0.15, 0.2) is 11.5 Å². The number of carbonyl (C=O) groups is 3. The molecule has 2 aromatic carbocycles.